The normalized spacial score (nSPS) is 12.1. The van der Waals surface area contributed by atoms with Gasteiger partial charge in [-0.1, -0.05) is 6.08 Å². The number of hydrogen-bond donors (Lipinski definition) is 2. The second-order valence-electron chi connectivity index (χ2n) is 3.46. The van der Waals surface area contributed by atoms with Gasteiger partial charge in [0.15, 0.2) is 5.69 Å². The van der Waals surface area contributed by atoms with Crippen LogP contribution in [0, 0.1) is 0 Å². The van der Waals surface area contributed by atoms with Crippen molar-refractivity contribution in [2.24, 2.45) is 5.73 Å². The number of aromatic nitrogens is 1. The van der Waals surface area contributed by atoms with Gasteiger partial charge in [0.25, 0.3) is 5.91 Å². The van der Waals surface area contributed by atoms with E-state index in [2.05, 4.69) is 16.9 Å². The van der Waals surface area contributed by atoms with Crippen LogP contribution in [0.3, 0.4) is 0 Å². The van der Waals surface area contributed by atoms with Crippen LogP contribution >= 0.6 is 11.8 Å². The molecule has 0 aliphatic rings. The number of nitrogens with two attached hydrogens (primary N) is 1. The molecule has 1 rings (SSSR count). The van der Waals surface area contributed by atoms with Gasteiger partial charge < -0.3 is 15.5 Å². The van der Waals surface area contributed by atoms with E-state index < -0.39 is 0 Å². The smallest absolute Gasteiger partial charge is 0.273 e. The summed E-state index contributed by atoms with van der Waals surface area (Å²) in [6.45, 7) is 3.91. The van der Waals surface area contributed by atoms with E-state index in [1.807, 2.05) is 6.26 Å². The van der Waals surface area contributed by atoms with Crippen molar-refractivity contribution in [3.8, 4) is 0 Å². The first-order chi connectivity index (χ1) is 8.19. The second-order valence-corrected chi connectivity index (χ2v) is 4.44. The van der Waals surface area contributed by atoms with E-state index >= 15 is 0 Å². The number of thioether (sulfide) groups is 1. The van der Waals surface area contributed by atoms with Crippen LogP contribution in [0.5, 0.6) is 0 Å². The average molecular weight is 255 g/mol. The summed E-state index contributed by atoms with van der Waals surface area (Å²) in [6.07, 6.45) is 5.71. The maximum Gasteiger partial charge on any atom is 0.273 e. The molecule has 1 heterocycles. The summed E-state index contributed by atoms with van der Waals surface area (Å²) in [5.74, 6) is 1.06. The van der Waals surface area contributed by atoms with Crippen LogP contribution in [0.2, 0.25) is 0 Å². The Hall–Kier alpha value is -1.27. The Morgan fingerprint density at radius 3 is 3.24 bits per heavy atom. The van der Waals surface area contributed by atoms with Gasteiger partial charge in [0.1, 0.15) is 6.26 Å². The van der Waals surface area contributed by atoms with Crippen molar-refractivity contribution in [3.63, 3.8) is 0 Å². The molecule has 0 radical (unpaired) electrons. The lowest BCUT2D eigenvalue weighted by molar-refractivity contribution is 0.0953. The first-order valence-corrected chi connectivity index (χ1v) is 6.67. The number of amides is 1. The third-order valence-electron chi connectivity index (χ3n) is 2.11. The second kappa shape index (κ2) is 7.13. The maximum absolute atomic E-state index is 11.5. The van der Waals surface area contributed by atoms with E-state index in [0.717, 1.165) is 12.2 Å². The Bertz CT molecular complexity index is 379. The average Bonchev–Trinajstić information content (AvgIpc) is 2.82. The van der Waals surface area contributed by atoms with Crippen LogP contribution in [0.1, 0.15) is 28.8 Å². The SMILES string of the molecule is C=CCNC(=O)c1coc(C(N)CCSC)n1. The quantitative estimate of drug-likeness (QED) is 0.719. The minimum Gasteiger partial charge on any atom is -0.446 e. The van der Waals surface area contributed by atoms with Gasteiger partial charge in [0, 0.05) is 6.54 Å². The van der Waals surface area contributed by atoms with Crippen molar-refractivity contribution in [3.05, 3.63) is 30.5 Å². The molecule has 1 aromatic heterocycles. The highest BCUT2D eigenvalue weighted by molar-refractivity contribution is 7.98. The van der Waals surface area contributed by atoms with E-state index in [4.69, 9.17) is 10.2 Å². The largest absolute Gasteiger partial charge is 0.446 e. The van der Waals surface area contributed by atoms with Crippen LogP contribution < -0.4 is 11.1 Å². The summed E-state index contributed by atoms with van der Waals surface area (Å²) in [7, 11) is 0. The molecule has 1 aromatic rings. The van der Waals surface area contributed by atoms with Crippen LogP contribution in [-0.4, -0.2) is 29.4 Å². The molecule has 17 heavy (non-hydrogen) atoms. The Balaban J connectivity index is 2.57. The summed E-state index contributed by atoms with van der Waals surface area (Å²) in [5.41, 5.74) is 6.13. The van der Waals surface area contributed by atoms with E-state index in [9.17, 15) is 4.79 Å². The lowest BCUT2D eigenvalue weighted by atomic mass is 10.2. The van der Waals surface area contributed by atoms with Crippen molar-refractivity contribution in [1.82, 2.24) is 10.3 Å². The summed E-state index contributed by atoms with van der Waals surface area (Å²) >= 11 is 1.71. The van der Waals surface area contributed by atoms with Crippen LogP contribution in [0.25, 0.3) is 0 Å². The molecule has 1 unspecified atom stereocenters. The lowest BCUT2D eigenvalue weighted by Crippen LogP contribution is -2.23. The van der Waals surface area contributed by atoms with Gasteiger partial charge in [-0.2, -0.15) is 11.8 Å². The fraction of sp³-hybridized carbons (Fsp3) is 0.455. The van der Waals surface area contributed by atoms with E-state index in [1.54, 1.807) is 17.8 Å². The summed E-state index contributed by atoms with van der Waals surface area (Å²) < 4.78 is 5.19. The number of oxazole rings is 1. The van der Waals surface area contributed by atoms with Crippen molar-refractivity contribution < 1.29 is 9.21 Å². The first kappa shape index (κ1) is 13.8. The number of carbonyl (C=O) groups excluding carboxylic acids is 1. The number of hydrogen-bond acceptors (Lipinski definition) is 5. The summed E-state index contributed by atoms with van der Waals surface area (Å²) in [4.78, 5) is 15.6. The molecular formula is C11H17N3O2S. The third-order valence-corrected chi connectivity index (χ3v) is 2.76. The topological polar surface area (TPSA) is 81.2 Å². The Kier molecular flexibility index (Phi) is 5.79. The minimum absolute atomic E-state index is 0.251. The number of nitrogens with zero attached hydrogens (tertiary/aromatic N) is 1. The fourth-order valence-electron chi connectivity index (χ4n) is 1.19. The molecule has 6 heteroatoms. The van der Waals surface area contributed by atoms with Gasteiger partial charge >= 0.3 is 0 Å². The van der Waals surface area contributed by atoms with E-state index in [1.165, 1.54) is 6.26 Å². The zero-order valence-corrected chi connectivity index (χ0v) is 10.6. The monoisotopic (exact) mass is 255 g/mol. The van der Waals surface area contributed by atoms with Gasteiger partial charge in [-0.15, -0.1) is 6.58 Å². The molecule has 94 valence electrons. The predicted octanol–water partition coefficient (Wildman–Crippen LogP) is 1.34. The van der Waals surface area contributed by atoms with Gasteiger partial charge in [0.2, 0.25) is 5.89 Å². The number of carbonyl (C=O) groups is 1. The Labute approximate surface area is 105 Å². The molecule has 0 fully saturated rings. The molecule has 1 atom stereocenters. The highest BCUT2D eigenvalue weighted by atomic mass is 32.2. The molecule has 5 nitrogen and oxygen atoms in total. The van der Waals surface area contributed by atoms with Gasteiger partial charge in [-0.3, -0.25) is 4.79 Å². The fourth-order valence-corrected chi connectivity index (χ4v) is 1.68. The highest BCUT2D eigenvalue weighted by Gasteiger charge is 2.16. The molecule has 0 bridgehead atoms. The molecule has 0 spiro atoms. The standard InChI is InChI=1S/C11H17N3O2S/c1-3-5-13-10(15)9-7-16-11(14-9)8(12)4-6-17-2/h3,7-8H,1,4-6,12H2,2H3,(H,13,15). The van der Waals surface area contributed by atoms with Gasteiger partial charge in [0.05, 0.1) is 6.04 Å². The van der Waals surface area contributed by atoms with E-state index in [-0.39, 0.29) is 17.6 Å². The van der Waals surface area contributed by atoms with Gasteiger partial charge in [-0.25, -0.2) is 4.98 Å². The summed E-state index contributed by atoms with van der Waals surface area (Å²) in [5, 5.41) is 2.62. The van der Waals surface area contributed by atoms with Crippen LogP contribution in [0.4, 0.5) is 0 Å². The molecule has 0 saturated carbocycles. The Morgan fingerprint density at radius 1 is 1.82 bits per heavy atom. The Morgan fingerprint density at radius 2 is 2.59 bits per heavy atom. The zero-order chi connectivity index (χ0) is 12.7. The lowest BCUT2D eigenvalue weighted by Gasteiger charge is -2.04. The maximum atomic E-state index is 11.5. The molecule has 1 amide bonds. The number of nitrogens with one attached hydrogen (secondary N) is 1. The van der Waals surface area contributed by atoms with Gasteiger partial charge in [-0.05, 0) is 18.4 Å². The molecule has 0 aromatic carbocycles. The van der Waals surface area contributed by atoms with E-state index in [0.29, 0.717) is 12.4 Å². The molecule has 0 aliphatic carbocycles. The first-order valence-electron chi connectivity index (χ1n) is 5.28. The molecule has 0 aliphatic heterocycles. The molecule has 0 saturated heterocycles. The van der Waals surface area contributed by atoms with Crippen LogP contribution in [0.15, 0.2) is 23.3 Å². The minimum atomic E-state index is -0.281. The van der Waals surface area contributed by atoms with Crippen molar-refractivity contribution in [2.75, 3.05) is 18.6 Å². The third kappa shape index (κ3) is 4.24. The van der Waals surface area contributed by atoms with Crippen molar-refractivity contribution >= 4 is 17.7 Å². The van der Waals surface area contributed by atoms with Crippen molar-refractivity contribution in [2.45, 2.75) is 12.5 Å². The molecular weight excluding hydrogens is 238 g/mol. The summed E-state index contributed by atoms with van der Waals surface area (Å²) in [6, 6.07) is -0.261. The molecule has 3 N–H and O–H groups in total. The van der Waals surface area contributed by atoms with Crippen LogP contribution in [-0.2, 0) is 0 Å². The predicted molar refractivity (Wildman–Crippen MR) is 69.0 cm³/mol. The van der Waals surface area contributed by atoms with Crippen molar-refractivity contribution in [1.29, 1.82) is 0 Å². The number of rotatable bonds is 7. The highest BCUT2D eigenvalue weighted by Crippen LogP contribution is 2.15. The zero-order valence-electron chi connectivity index (χ0n) is 9.81.